The molecule has 0 amide bonds. The Morgan fingerprint density at radius 1 is 1.25 bits per heavy atom. The molecule has 6 heteroatoms. The Bertz CT molecular complexity index is 605. The maximum absolute atomic E-state index is 11.9. The summed E-state index contributed by atoms with van der Waals surface area (Å²) in [7, 11) is 1.28. The third-order valence-corrected chi connectivity index (χ3v) is 3.10. The van der Waals surface area contributed by atoms with Crippen LogP contribution < -0.4 is 4.74 Å². The molecular weight excluding hydrogens is 301 g/mol. The summed E-state index contributed by atoms with van der Waals surface area (Å²) in [5.74, 6) is -0.270. The van der Waals surface area contributed by atoms with E-state index in [9.17, 15) is 4.79 Å². The summed E-state index contributed by atoms with van der Waals surface area (Å²) in [5.41, 5.74) is 0.466. The van der Waals surface area contributed by atoms with E-state index in [0.29, 0.717) is 21.5 Å². The van der Waals surface area contributed by atoms with Gasteiger partial charge in [-0.3, -0.25) is 0 Å². The number of esters is 1. The van der Waals surface area contributed by atoms with Gasteiger partial charge >= 0.3 is 5.97 Å². The lowest BCUT2D eigenvalue weighted by Gasteiger charge is -2.17. The fourth-order valence-corrected chi connectivity index (χ4v) is 2.10. The number of pyridine rings is 1. The number of aromatic nitrogens is 1. The van der Waals surface area contributed by atoms with Crippen LogP contribution in [0.1, 0.15) is 11.7 Å². The molecule has 2 rings (SSSR count). The fourth-order valence-electron chi connectivity index (χ4n) is 1.60. The van der Waals surface area contributed by atoms with Crippen LogP contribution in [-0.4, -0.2) is 18.1 Å². The Balaban J connectivity index is 2.35. The Morgan fingerprint density at radius 3 is 2.65 bits per heavy atom. The molecule has 0 aliphatic heterocycles. The van der Waals surface area contributed by atoms with Gasteiger partial charge in [0.1, 0.15) is 0 Å². The van der Waals surface area contributed by atoms with Crippen LogP contribution in [-0.2, 0) is 9.53 Å². The molecule has 0 spiro atoms. The van der Waals surface area contributed by atoms with Crippen molar-refractivity contribution in [3.63, 3.8) is 0 Å². The van der Waals surface area contributed by atoms with Gasteiger partial charge in [0.05, 0.1) is 7.11 Å². The normalized spacial score (nSPS) is 11.8. The first-order valence-electron chi connectivity index (χ1n) is 5.72. The molecule has 2 aromatic rings. The number of halogens is 2. The van der Waals surface area contributed by atoms with Crippen molar-refractivity contribution < 1.29 is 14.3 Å². The monoisotopic (exact) mass is 311 g/mol. The topological polar surface area (TPSA) is 48.4 Å². The molecule has 1 aromatic carbocycles. The number of ether oxygens (including phenoxy) is 2. The number of carbonyl (C=O) groups excluding carboxylic acids is 1. The molecule has 4 nitrogen and oxygen atoms in total. The van der Waals surface area contributed by atoms with E-state index in [4.69, 9.17) is 32.7 Å². The second kappa shape index (κ2) is 6.59. The average molecular weight is 312 g/mol. The molecule has 0 fully saturated rings. The second-order valence-corrected chi connectivity index (χ2v) is 4.70. The zero-order valence-corrected chi connectivity index (χ0v) is 12.1. The predicted octanol–water partition coefficient (Wildman–Crippen LogP) is 3.68. The van der Waals surface area contributed by atoms with Crippen molar-refractivity contribution >= 4 is 29.2 Å². The van der Waals surface area contributed by atoms with Crippen LogP contribution in [0.3, 0.4) is 0 Å². The minimum Gasteiger partial charge on any atom is -0.466 e. The molecule has 0 radical (unpaired) electrons. The lowest BCUT2D eigenvalue weighted by Crippen LogP contribution is -2.21. The van der Waals surface area contributed by atoms with Crippen LogP contribution in [0.4, 0.5) is 0 Å². The summed E-state index contributed by atoms with van der Waals surface area (Å²) in [6.45, 7) is 0. The van der Waals surface area contributed by atoms with Crippen LogP contribution in [0, 0.1) is 0 Å². The largest absolute Gasteiger partial charge is 0.466 e. The number of hydrogen-bond donors (Lipinski definition) is 0. The van der Waals surface area contributed by atoms with Gasteiger partial charge in [0.15, 0.2) is 0 Å². The highest BCUT2D eigenvalue weighted by Crippen LogP contribution is 2.30. The van der Waals surface area contributed by atoms with Crippen LogP contribution in [0.5, 0.6) is 5.88 Å². The highest BCUT2D eigenvalue weighted by molar-refractivity contribution is 6.35. The Morgan fingerprint density at radius 2 is 2.05 bits per heavy atom. The number of nitrogens with zero attached hydrogens (tertiary/aromatic N) is 1. The highest BCUT2D eigenvalue weighted by Gasteiger charge is 2.26. The molecule has 20 heavy (non-hydrogen) atoms. The van der Waals surface area contributed by atoms with Gasteiger partial charge in [-0.15, -0.1) is 0 Å². The Labute approximate surface area is 126 Å². The fraction of sp³-hybridized carbons (Fsp3) is 0.143. The summed E-state index contributed by atoms with van der Waals surface area (Å²) in [6.07, 6.45) is 0.562. The molecule has 1 atom stereocenters. The zero-order chi connectivity index (χ0) is 14.5. The summed E-state index contributed by atoms with van der Waals surface area (Å²) in [5, 5.41) is 0.795. The van der Waals surface area contributed by atoms with Gasteiger partial charge in [-0.05, 0) is 18.2 Å². The van der Waals surface area contributed by atoms with E-state index in [2.05, 4.69) is 4.98 Å². The van der Waals surface area contributed by atoms with Crippen molar-refractivity contribution in [2.24, 2.45) is 0 Å². The Hall–Kier alpha value is -1.78. The molecule has 0 unspecified atom stereocenters. The molecule has 104 valence electrons. The van der Waals surface area contributed by atoms with Gasteiger partial charge in [-0.2, -0.15) is 0 Å². The van der Waals surface area contributed by atoms with Crippen molar-refractivity contribution in [2.75, 3.05) is 7.11 Å². The van der Waals surface area contributed by atoms with Crippen molar-refractivity contribution in [3.8, 4) is 5.88 Å². The van der Waals surface area contributed by atoms with Gasteiger partial charge in [-0.25, -0.2) is 9.78 Å². The predicted molar refractivity (Wildman–Crippen MR) is 76.1 cm³/mol. The summed E-state index contributed by atoms with van der Waals surface area (Å²) in [4.78, 5) is 15.9. The summed E-state index contributed by atoms with van der Waals surface area (Å²) in [6, 6.07) is 9.92. The van der Waals surface area contributed by atoms with Crippen LogP contribution in [0.15, 0.2) is 42.6 Å². The van der Waals surface area contributed by atoms with Gasteiger partial charge < -0.3 is 9.47 Å². The van der Waals surface area contributed by atoms with Crippen LogP contribution >= 0.6 is 23.2 Å². The van der Waals surface area contributed by atoms with E-state index >= 15 is 0 Å². The third-order valence-electron chi connectivity index (χ3n) is 2.54. The first kappa shape index (κ1) is 14.6. The summed E-state index contributed by atoms with van der Waals surface area (Å²) >= 11 is 11.9. The first-order chi connectivity index (χ1) is 9.61. The number of carbonyl (C=O) groups is 1. The smallest absolute Gasteiger partial charge is 0.351 e. The quantitative estimate of drug-likeness (QED) is 0.808. The van der Waals surface area contributed by atoms with Crippen molar-refractivity contribution in [1.82, 2.24) is 4.98 Å². The molecule has 0 aliphatic rings. The van der Waals surface area contributed by atoms with E-state index in [0.717, 1.165) is 0 Å². The average Bonchev–Trinajstić information content (AvgIpc) is 2.46. The van der Waals surface area contributed by atoms with E-state index in [-0.39, 0.29) is 0 Å². The van der Waals surface area contributed by atoms with E-state index in [1.807, 2.05) is 0 Å². The van der Waals surface area contributed by atoms with Gasteiger partial charge in [0.2, 0.25) is 12.0 Å². The number of rotatable bonds is 4. The number of benzene rings is 1. The summed E-state index contributed by atoms with van der Waals surface area (Å²) < 4.78 is 10.3. The van der Waals surface area contributed by atoms with E-state index in [1.54, 1.807) is 36.5 Å². The maximum atomic E-state index is 11.9. The molecule has 0 aliphatic carbocycles. The Kier molecular flexibility index (Phi) is 4.82. The van der Waals surface area contributed by atoms with E-state index in [1.165, 1.54) is 13.2 Å². The second-order valence-electron chi connectivity index (χ2n) is 3.85. The zero-order valence-electron chi connectivity index (χ0n) is 10.5. The number of methoxy groups -OCH3 is 1. The molecular formula is C14H11Cl2NO3. The molecule has 1 aromatic heterocycles. The molecule has 0 saturated heterocycles. The standard InChI is InChI=1S/C14H11Cl2NO3/c1-19-14(18)13(20-12-4-2-3-7-17-12)10-6-5-9(15)8-11(10)16/h2-8,13H,1H3/t13-/m1/s1. The first-order valence-corrected chi connectivity index (χ1v) is 6.48. The van der Waals surface area contributed by atoms with Crippen molar-refractivity contribution in [1.29, 1.82) is 0 Å². The van der Waals surface area contributed by atoms with Crippen molar-refractivity contribution in [3.05, 3.63) is 58.2 Å². The third kappa shape index (κ3) is 3.40. The van der Waals surface area contributed by atoms with Crippen molar-refractivity contribution in [2.45, 2.75) is 6.10 Å². The van der Waals surface area contributed by atoms with Gasteiger partial charge in [-0.1, -0.05) is 35.3 Å². The molecule has 0 bridgehead atoms. The SMILES string of the molecule is COC(=O)[C@H](Oc1ccccn1)c1ccc(Cl)cc1Cl. The van der Waals surface area contributed by atoms with Gasteiger partial charge in [0, 0.05) is 27.9 Å². The minimum atomic E-state index is -1.00. The van der Waals surface area contributed by atoms with E-state index < -0.39 is 12.1 Å². The highest BCUT2D eigenvalue weighted by atomic mass is 35.5. The maximum Gasteiger partial charge on any atom is 0.351 e. The molecule has 1 heterocycles. The lowest BCUT2D eigenvalue weighted by molar-refractivity contribution is -0.149. The van der Waals surface area contributed by atoms with Crippen LogP contribution in [0.25, 0.3) is 0 Å². The lowest BCUT2D eigenvalue weighted by atomic mass is 10.1. The number of hydrogen-bond acceptors (Lipinski definition) is 4. The molecule has 0 N–H and O–H groups in total. The minimum absolute atomic E-state index is 0.300. The van der Waals surface area contributed by atoms with Crippen LogP contribution in [0.2, 0.25) is 10.0 Å². The molecule has 0 saturated carbocycles. The van der Waals surface area contributed by atoms with Gasteiger partial charge in [0.25, 0.3) is 0 Å².